The van der Waals surface area contributed by atoms with Crippen LogP contribution in [0, 0.1) is 17.8 Å². The lowest BCUT2D eigenvalue weighted by Gasteiger charge is -2.33. The molecule has 0 aliphatic carbocycles. The topological polar surface area (TPSA) is 175 Å². The summed E-state index contributed by atoms with van der Waals surface area (Å²) in [5.41, 5.74) is 0.862. The maximum absolute atomic E-state index is 14.1. The van der Waals surface area contributed by atoms with Gasteiger partial charge in [0.05, 0.1) is 25.8 Å². The standard InChI is InChI=1S/C40H61N5O8/c1-25(2)21-31(35(47)43-33(26(3)4)36(48)44-34(27(5)6)37(49)52-10)41-38(50)45(23-29-19-15-12-16-20-29)24-32(46)30(22-28-17-13-11-14-18-28)42-39(51)53-40(7,8)9/h11-20,25-27,30-34,46H,21-24H2,1-10H3,(H,41,50)(H,42,51)(H,43,47)(H,44,48)/t30-,31-,32+,33-,34-/m0/s1. The average Bonchev–Trinajstić information content (AvgIpc) is 3.07. The fourth-order valence-corrected chi connectivity index (χ4v) is 5.59. The molecule has 13 nitrogen and oxygen atoms in total. The number of ether oxygens (including phenoxy) is 2. The number of aliphatic hydroxyl groups excluding tert-OH is 1. The first-order chi connectivity index (χ1) is 24.8. The van der Waals surface area contributed by atoms with Gasteiger partial charge in [0, 0.05) is 6.54 Å². The minimum atomic E-state index is -1.24. The molecule has 5 N–H and O–H groups in total. The van der Waals surface area contributed by atoms with Crippen LogP contribution in [0.2, 0.25) is 0 Å². The predicted octanol–water partition coefficient (Wildman–Crippen LogP) is 4.56. The van der Waals surface area contributed by atoms with Crippen molar-refractivity contribution in [3.63, 3.8) is 0 Å². The summed E-state index contributed by atoms with van der Waals surface area (Å²) in [6.07, 6.45) is -1.45. The van der Waals surface area contributed by atoms with Crippen LogP contribution in [-0.2, 0) is 36.8 Å². The number of benzene rings is 2. The molecule has 0 saturated heterocycles. The summed E-state index contributed by atoms with van der Waals surface area (Å²) >= 11 is 0. The summed E-state index contributed by atoms with van der Waals surface area (Å²) in [6, 6.07) is 14.1. The van der Waals surface area contributed by atoms with Crippen molar-refractivity contribution >= 4 is 29.9 Å². The number of carbonyl (C=O) groups excluding carboxylic acids is 5. The summed E-state index contributed by atoms with van der Waals surface area (Å²) in [5, 5.41) is 22.8. The largest absolute Gasteiger partial charge is 0.467 e. The summed E-state index contributed by atoms with van der Waals surface area (Å²) in [4.78, 5) is 68.0. The molecule has 2 rings (SSSR count). The van der Waals surface area contributed by atoms with Gasteiger partial charge in [-0.25, -0.2) is 14.4 Å². The Morgan fingerprint density at radius 3 is 1.75 bits per heavy atom. The van der Waals surface area contributed by atoms with Crippen LogP contribution in [0.15, 0.2) is 60.7 Å². The molecule has 13 heteroatoms. The molecule has 0 spiro atoms. The molecule has 294 valence electrons. The van der Waals surface area contributed by atoms with E-state index in [0.717, 1.165) is 11.1 Å². The highest BCUT2D eigenvalue weighted by Crippen LogP contribution is 2.15. The zero-order chi connectivity index (χ0) is 39.9. The van der Waals surface area contributed by atoms with E-state index < -0.39 is 65.8 Å². The molecule has 0 heterocycles. The normalized spacial score (nSPS) is 14.4. The van der Waals surface area contributed by atoms with Crippen molar-refractivity contribution in [2.45, 2.75) is 118 Å². The second-order valence-electron chi connectivity index (χ2n) is 15.5. The minimum absolute atomic E-state index is 0.0246. The van der Waals surface area contributed by atoms with Crippen LogP contribution in [0.5, 0.6) is 0 Å². The number of urea groups is 1. The number of aliphatic hydroxyl groups is 1. The first kappa shape index (κ1) is 44.5. The van der Waals surface area contributed by atoms with Crippen LogP contribution in [0.1, 0.15) is 79.9 Å². The van der Waals surface area contributed by atoms with E-state index in [1.807, 2.05) is 74.5 Å². The average molecular weight is 740 g/mol. The van der Waals surface area contributed by atoms with Crippen molar-refractivity contribution in [1.29, 1.82) is 0 Å². The molecule has 0 radical (unpaired) electrons. The number of rotatable bonds is 18. The lowest BCUT2D eigenvalue weighted by molar-refractivity contribution is -0.146. The van der Waals surface area contributed by atoms with Gasteiger partial charge in [-0.05, 0) is 62.5 Å². The first-order valence-electron chi connectivity index (χ1n) is 18.3. The lowest BCUT2D eigenvalue weighted by atomic mass is 9.98. The van der Waals surface area contributed by atoms with E-state index in [9.17, 15) is 29.1 Å². The monoisotopic (exact) mass is 739 g/mol. The number of alkyl carbamates (subject to hydrolysis) is 1. The number of hydrogen-bond acceptors (Lipinski definition) is 8. The highest BCUT2D eigenvalue weighted by Gasteiger charge is 2.34. The molecule has 0 aliphatic heterocycles. The summed E-state index contributed by atoms with van der Waals surface area (Å²) < 4.78 is 10.3. The van der Waals surface area contributed by atoms with E-state index in [0.29, 0.717) is 0 Å². The van der Waals surface area contributed by atoms with E-state index in [2.05, 4.69) is 21.3 Å². The van der Waals surface area contributed by atoms with Gasteiger partial charge in [0.2, 0.25) is 11.8 Å². The highest BCUT2D eigenvalue weighted by atomic mass is 16.6. The molecule has 0 aromatic heterocycles. The molecule has 5 atom stereocenters. The first-order valence-corrected chi connectivity index (χ1v) is 18.3. The number of esters is 1. The summed E-state index contributed by atoms with van der Waals surface area (Å²) in [6.45, 7) is 16.0. The minimum Gasteiger partial charge on any atom is -0.467 e. The maximum Gasteiger partial charge on any atom is 0.407 e. The van der Waals surface area contributed by atoms with Crippen LogP contribution in [0.25, 0.3) is 0 Å². The van der Waals surface area contributed by atoms with Crippen LogP contribution in [-0.4, -0.2) is 89.4 Å². The van der Waals surface area contributed by atoms with Crippen molar-refractivity contribution in [1.82, 2.24) is 26.2 Å². The Bertz CT molecular complexity index is 1460. The second kappa shape index (κ2) is 21.2. The number of methoxy groups -OCH3 is 1. The van der Waals surface area contributed by atoms with Gasteiger partial charge in [-0.2, -0.15) is 0 Å². The molecule has 0 aliphatic rings. The molecule has 2 aromatic rings. The van der Waals surface area contributed by atoms with Crippen LogP contribution in [0.3, 0.4) is 0 Å². The van der Waals surface area contributed by atoms with Crippen LogP contribution in [0.4, 0.5) is 9.59 Å². The Labute approximate surface area is 314 Å². The number of amides is 5. The quantitative estimate of drug-likeness (QED) is 0.138. The molecular formula is C40H61N5O8. The Hall–Kier alpha value is -4.65. The number of carbonyl (C=O) groups is 5. The van der Waals surface area contributed by atoms with Gasteiger partial charge >= 0.3 is 18.1 Å². The SMILES string of the molecule is COC(=O)[C@@H](NC(=O)[C@@H](NC(=O)[C@H](CC(C)C)NC(=O)N(Cc1ccccc1)C[C@@H](O)[C@H](Cc1ccccc1)NC(=O)OC(C)(C)C)C(C)C)C(C)C. The van der Waals surface area contributed by atoms with Gasteiger partial charge in [-0.1, -0.05) is 102 Å². The van der Waals surface area contributed by atoms with Gasteiger partial charge in [0.15, 0.2) is 0 Å². The molecule has 0 unspecified atom stereocenters. The van der Waals surface area contributed by atoms with Gasteiger partial charge in [0.1, 0.15) is 23.7 Å². The van der Waals surface area contributed by atoms with E-state index in [1.54, 1.807) is 48.5 Å². The van der Waals surface area contributed by atoms with E-state index in [4.69, 9.17) is 9.47 Å². The molecule has 0 bridgehead atoms. The smallest absolute Gasteiger partial charge is 0.407 e. The zero-order valence-electron chi connectivity index (χ0n) is 33.0. The Morgan fingerprint density at radius 2 is 1.26 bits per heavy atom. The molecular weight excluding hydrogens is 678 g/mol. The van der Waals surface area contributed by atoms with E-state index in [1.165, 1.54) is 12.0 Å². The third-order valence-electron chi connectivity index (χ3n) is 8.36. The van der Waals surface area contributed by atoms with E-state index >= 15 is 0 Å². The van der Waals surface area contributed by atoms with Crippen LogP contribution >= 0.6 is 0 Å². The molecule has 0 saturated carbocycles. The second-order valence-corrected chi connectivity index (χ2v) is 15.5. The maximum atomic E-state index is 14.1. The zero-order valence-corrected chi connectivity index (χ0v) is 33.0. The van der Waals surface area contributed by atoms with Gasteiger partial charge in [-0.15, -0.1) is 0 Å². The van der Waals surface area contributed by atoms with Gasteiger partial charge in [0.25, 0.3) is 0 Å². The fourth-order valence-electron chi connectivity index (χ4n) is 5.59. The molecule has 53 heavy (non-hydrogen) atoms. The third kappa shape index (κ3) is 15.9. The number of hydrogen-bond donors (Lipinski definition) is 5. The Balaban J connectivity index is 2.38. The van der Waals surface area contributed by atoms with Crippen molar-refractivity contribution in [3.05, 3.63) is 71.8 Å². The Kier molecular flexibility index (Phi) is 17.8. The molecule has 0 fully saturated rings. The predicted molar refractivity (Wildman–Crippen MR) is 203 cm³/mol. The summed E-state index contributed by atoms with van der Waals surface area (Å²) in [7, 11) is 1.24. The molecule has 2 aromatic carbocycles. The van der Waals surface area contributed by atoms with Crippen molar-refractivity contribution in [2.75, 3.05) is 13.7 Å². The van der Waals surface area contributed by atoms with Crippen molar-refractivity contribution < 1.29 is 38.6 Å². The number of nitrogens with one attached hydrogen (secondary N) is 4. The third-order valence-corrected chi connectivity index (χ3v) is 8.36. The Morgan fingerprint density at radius 1 is 0.736 bits per heavy atom. The lowest BCUT2D eigenvalue weighted by Crippen LogP contribution is -2.59. The number of nitrogens with zero attached hydrogens (tertiary/aromatic N) is 1. The summed E-state index contributed by atoms with van der Waals surface area (Å²) in [5.74, 6) is -2.37. The van der Waals surface area contributed by atoms with Crippen molar-refractivity contribution in [3.8, 4) is 0 Å². The van der Waals surface area contributed by atoms with Gasteiger partial charge in [-0.3, -0.25) is 9.59 Å². The highest BCUT2D eigenvalue weighted by molar-refractivity contribution is 5.93. The van der Waals surface area contributed by atoms with Crippen LogP contribution < -0.4 is 21.3 Å². The fraction of sp³-hybridized carbons (Fsp3) is 0.575. The van der Waals surface area contributed by atoms with Gasteiger partial charge < -0.3 is 40.7 Å². The van der Waals surface area contributed by atoms with E-state index in [-0.39, 0.29) is 43.7 Å². The molecule has 5 amide bonds. The van der Waals surface area contributed by atoms with Crippen molar-refractivity contribution in [2.24, 2.45) is 17.8 Å².